The molecule has 0 atom stereocenters. The summed E-state index contributed by atoms with van der Waals surface area (Å²) < 4.78 is 6.35. The van der Waals surface area contributed by atoms with Gasteiger partial charge in [0.2, 0.25) is 0 Å². The van der Waals surface area contributed by atoms with Gasteiger partial charge in [0.05, 0.1) is 23.7 Å². The summed E-state index contributed by atoms with van der Waals surface area (Å²) in [6.45, 7) is 0. The van der Waals surface area contributed by atoms with E-state index in [9.17, 15) is 0 Å². The zero-order valence-corrected chi connectivity index (χ0v) is 11.9. The van der Waals surface area contributed by atoms with Crippen molar-refractivity contribution in [2.24, 2.45) is 0 Å². The Kier molecular flexibility index (Phi) is 2.91. The van der Waals surface area contributed by atoms with Crippen LogP contribution in [0.1, 0.15) is 0 Å². The molecule has 0 saturated heterocycles. The Labute approximate surface area is 118 Å². The van der Waals surface area contributed by atoms with E-state index in [0.717, 1.165) is 32.6 Å². The molecular formula is C14H12BrN3O. The second-order valence-electron chi connectivity index (χ2n) is 4.21. The summed E-state index contributed by atoms with van der Waals surface area (Å²) in [5.41, 5.74) is 9.20. The molecule has 0 fully saturated rings. The number of H-pyrrole nitrogens is 1. The lowest BCUT2D eigenvalue weighted by Gasteiger charge is -2.06. The molecule has 3 aromatic rings. The number of nitrogens with one attached hydrogen (secondary N) is 1. The molecule has 0 unspecified atom stereocenters. The van der Waals surface area contributed by atoms with Crippen LogP contribution < -0.4 is 10.5 Å². The van der Waals surface area contributed by atoms with Crippen LogP contribution in [-0.4, -0.2) is 17.1 Å². The van der Waals surface area contributed by atoms with Gasteiger partial charge >= 0.3 is 0 Å². The summed E-state index contributed by atoms with van der Waals surface area (Å²) in [5.74, 6) is 1.53. The predicted molar refractivity (Wildman–Crippen MR) is 80.2 cm³/mol. The van der Waals surface area contributed by atoms with Crippen molar-refractivity contribution in [2.45, 2.75) is 0 Å². The maximum atomic E-state index is 5.77. The van der Waals surface area contributed by atoms with Crippen molar-refractivity contribution in [1.29, 1.82) is 0 Å². The molecular weight excluding hydrogens is 306 g/mol. The number of fused-ring (bicyclic) bond motifs is 1. The first-order chi connectivity index (χ1) is 9.17. The van der Waals surface area contributed by atoms with Crippen LogP contribution in [0.2, 0.25) is 0 Å². The van der Waals surface area contributed by atoms with Crippen molar-refractivity contribution in [3.05, 3.63) is 40.9 Å². The molecule has 0 aliphatic rings. The number of rotatable bonds is 2. The van der Waals surface area contributed by atoms with Gasteiger partial charge in [-0.1, -0.05) is 15.9 Å². The summed E-state index contributed by atoms with van der Waals surface area (Å²) in [4.78, 5) is 7.82. The summed E-state index contributed by atoms with van der Waals surface area (Å²) in [6.07, 6.45) is 0. The maximum absolute atomic E-state index is 5.77. The minimum Gasteiger partial charge on any atom is -0.496 e. The van der Waals surface area contributed by atoms with E-state index in [1.54, 1.807) is 7.11 Å². The van der Waals surface area contributed by atoms with Gasteiger partial charge < -0.3 is 15.5 Å². The number of benzene rings is 2. The third-order valence-corrected chi connectivity index (χ3v) is 3.42. The van der Waals surface area contributed by atoms with Gasteiger partial charge in [0.1, 0.15) is 11.6 Å². The molecule has 0 bridgehead atoms. The van der Waals surface area contributed by atoms with Gasteiger partial charge in [-0.15, -0.1) is 0 Å². The number of halogens is 1. The molecule has 0 amide bonds. The number of hydrogen-bond acceptors (Lipinski definition) is 3. The van der Waals surface area contributed by atoms with E-state index >= 15 is 0 Å². The quantitative estimate of drug-likeness (QED) is 0.710. The molecule has 0 saturated carbocycles. The van der Waals surface area contributed by atoms with Crippen LogP contribution in [0.4, 0.5) is 5.69 Å². The number of nitrogen functional groups attached to an aromatic ring is 1. The first kappa shape index (κ1) is 12.0. The number of aromatic nitrogens is 2. The fourth-order valence-electron chi connectivity index (χ4n) is 2.02. The highest BCUT2D eigenvalue weighted by Crippen LogP contribution is 2.32. The Balaban J connectivity index is 2.18. The average molecular weight is 318 g/mol. The predicted octanol–water partition coefficient (Wildman–Crippen LogP) is 3.58. The highest BCUT2D eigenvalue weighted by Gasteiger charge is 2.11. The molecule has 1 aromatic heterocycles. The summed E-state index contributed by atoms with van der Waals surface area (Å²) in [6, 6.07) is 11.4. The van der Waals surface area contributed by atoms with Crippen LogP contribution in [0.5, 0.6) is 5.75 Å². The zero-order chi connectivity index (χ0) is 13.4. The Hall–Kier alpha value is -2.01. The second-order valence-corrected chi connectivity index (χ2v) is 5.12. The van der Waals surface area contributed by atoms with Crippen LogP contribution >= 0.6 is 15.9 Å². The molecule has 19 heavy (non-hydrogen) atoms. The molecule has 5 heteroatoms. The van der Waals surface area contributed by atoms with Crippen LogP contribution in [0, 0.1) is 0 Å². The number of nitrogens with zero attached hydrogens (tertiary/aromatic N) is 1. The van der Waals surface area contributed by atoms with Crippen molar-refractivity contribution in [3.8, 4) is 17.1 Å². The van der Waals surface area contributed by atoms with Crippen molar-refractivity contribution >= 4 is 32.7 Å². The van der Waals surface area contributed by atoms with E-state index in [1.807, 2.05) is 36.4 Å². The van der Waals surface area contributed by atoms with Gasteiger partial charge in [0.25, 0.3) is 0 Å². The van der Waals surface area contributed by atoms with Gasteiger partial charge in [-0.2, -0.15) is 0 Å². The second kappa shape index (κ2) is 4.59. The molecule has 3 N–H and O–H groups in total. The maximum Gasteiger partial charge on any atom is 0.142 e. The van der Waals surface area contributed by atoms with Crippen molar-refractivity contribution in [1.82, 2.24) is 9.97 Å². The highest BCUT2D eigenvalue weighted by molar-refractivity contribution is 9.10. The van der Waals surface area contributed by atoms with Crippen LogP contribution in [-0.2, 0) is 0 Å². The lowest BCUT2D eigenvalue weighted by Crippen LogP contribution is -1.89. The van der Waals surface area contributed by atoms with E-state index in [4.69, 9.17) is 10.5 Å². The summed E-state index contributed by atoms with van der Waals surface area (Å²) >= 11 is 3.43. The number of imidazole rings is 1. The average Bonchev–Trinajstić information content (AvgIpc) is 2.81. The van der Waals surface area contributed by atoms with Gasteiger partial charge in [-0.05, 0) is 36.4 Å². The highest BCUT2D eigenvalue weighted by atomic mass is 79.9. The van der Waals surface area contributed by atoms with Crippen LogP contribution in [0.15, 0.2) is 40.9 Å². The lowest BCUT2D eigenvalue weighted by atomic mass is 10.2. The summed E-state index contributed by atoms with van der Waals surface area (Å²) in [7, 11) is 1.64. The third-order valence-electron chi connectivity index (χ3n) is 2.92. The molecule has 0 spiro atoms. The Morgan fingerprint density at radius 1 is 1.21 bits per heavy atom. The molecule has 4 nitrogen and oxygen atoms in total. The minimum absolute atomic E-state index is 0.713. The van der Waals surface area contributed by atoms with Crippen molar-refractivity contribution < 1.29 is 4.74 Å². The minimum atomic E-state index is 0.713. The van der Waals surface area contributed by atoms with Crippen LogP contribution in [0.3, 0.4) is 0 Å². The molecule has 3 rings (SSSR count). The third kappa shape index (κ3) is 2.17. The Morgan fingerprint density at radius 3 is 2.84 bits per heavy atom. The summed E-state index contributed by atoms with van der Waals surface area (Å²) in [5, 5.41) is 0. The van der Waals surface area contributed by atoms with Gasteiger partial charge in [-0.25, -0.2) is 4.98 Å². The number of aromatic amines is 1. The molecule has 0 radical (unpaired) electrons. The van der Waals surface area contributed by atoms with Crippen LogP contribution in [0.25, 0.3) is 22.4 Å². The molecule has 0 aliphatic carbocycles. The molecule has 0 aliphatic heterocycles. The first-order valence-corrected chi connectivity index (χ1v) is 6.56. The van der Waals surface area contributed by atoms with Gasteiger partial charge in [0, 0.05) is 10.2 Å². The van der Waals surface area contributed by atoms with E-state index in [2.05, 4.69) is 25.9 Å². The largest absolute Gasteiger partial charge is 0.496 e. The first-order valence-electron chi connectivity index (χ1n) is 5.76. The fraction of sp³-hybridized carbons (Fsp3) is 0.0714. The van der Waals surface area contributed by atoms with E-state index in [-0.39, 0.29) is 0 Å². The van der Waals surface area contributed by atoms with E-state index in [1.165, 1.54) is 0 Å². The van der Waals surface area contributed by atoms with Crippen molar-refractivity contribution in [2.75, 3.05) is 12.8 Å². The molecule has 96 valence electrons. The fourth-order valence-corrected chi connectivity index (χ4v) is 2.36. The standard InChI is InChI=1S/C14H12BrN3O/c1-19-13-6-8(15)2-4-10(13)14-17-11-5-3-9(16)7-12(11)18-14/h2-7H,16H2,1H3,(H,17,18). The number of ether oxygens (including phenoxy) is 1. The Morgan fingerprint density at radius 2 is 2.05 bits per heavy atom. The van der Waals surface area contributed by atoms with Gasteiger partial charge in [-0.3, -0.25) is 0 Å². The van der Waals surface area contributed by atoms with E-state index in [0.29, 0.717) is 5.69 Å². The monoisotopic (exact) mass is 317 g/mol. The zero-order valence-electron chi connectivity index (χ0n) is 10.3. The number of nitrogens with two attached hydrogens (primary N) is 1. The molecule has 2 aromatic carbocycles. The van der Waals surface area contributed by atoms with E-state index < -0.39 is 0 Å². The van der Waals surface area contributed by atoms with Gasteiger partial charge in [0.15, 0.2) is 0 Å². The smallest absolute Gasteiger partial charge is 0.142 e. The topological polar surface area (TPSA) is 63.9 Å². The SMILES string of the molecule is COc1cc(Br)ccc1-c1nc2ccc(N)cc2[nH]1. The van der Waals surface area contributed by atoms with Crippen molar-refractivity contribution in [3.63, 3.8) is 0 Å². The molecule has 1 heterocycles. The lowest BCUT2D eigenvalue weighted by molar-refractivity contribution is 0.416. The Bertz CT molecular complexity index is 752. The number of methoxy groups -OCH3 is 1. The number of anilines is 1. The normalized spacial score (nSPS) is 10.8. The number of hydrogen-bond donors (Lipinski definition) is 2.